The van der Waals surface area contributed by atoms with Crippen LogP contribution in [0.5, 0.6) is 0 Å². The zero-order valence-corrected chi connectivity index (χ0v) is 12.9. The van der Waals surface area contributed by atoms with Crippen molar-refractivity contribution < 1.29 is 13.3 Å². The average molecular weight is 311 g/mol. The molecule has 0 fully saturated rings. The van der Waals surface area contributed by atoms with Crippen LogP contribution in [-0.2, 0) is 10.0 Å². The number of sulfonamides is 1. The number of nitriles is 1. The van der Waals surface area contributed by atoms with Crippen molar-refractivity contribution in [1.29, 1.82) is 5.26 Å². The number of hydrogen-bond acceptors (Lipinski definition) is 5. The lowest BCUT2D eigenvalue weighted by Gasteiger charge is -2.25. The fraction of sp³-hybridized carbons (Fsp3) is 0.462. The SMILES string of the molecule is Cc1ccc([N+](=O)[O-])cc1S(=O)(=O)N(CCC#N)C(C)C. The second kappa shape index (κ2) is 6.65. The van der Waals surface area contributed by atoms with Crippen molar-refractivity contribution in [3.63, 3.8) is 0 Å². The van der Waals surface area contributed by atoms with E-state index in [1.165, 1.54) is 16.4 Å². The molecule has 0 radical (unpaired) electrons. The highest BCUT2D eigenvalue weighted by Gasteiger charge is 2.29. The maximum atomic E-state index is 12.7. The van der Waals surface area contributed by atoms with Crippen molar-refractivity contribution in [2.24, 2.45) is 0 Å². The molecule has 1 aromatic rings. The van der Waals surface area contributed by atoms with Gasteiger partial charge in [-0.25, -0.2) is 8.42 Å². The molecular formula is C13H17N3O4S. The van der Waals surface area contributed by atoms with E-state index in [0.29, 0.717) is 5.56 Å². The molecule has 0 amide bonds. The standard InChI is InChI=1S/C13H17N3O4S/c1-10(2)15(8-4-7-14)21(19,20)13-9-12(16(17)18)6-5-11(13)3/h5-6,9-10H,4,8H2,1-3H3. The number of hydrogen-bond donors (Lipinski definition) is 0. The average Bonchev–Trinajstić information content (AvgIpc) is 2.38. The smallest absolute Gasteiger partial charge is 0.258 e. The first-order chi connectivity index (χ1) is 9.71. The van der Waals surface area contributed by atoms with Crippen molar-refractivity contribution in [2.45, 2.75) is 38.1 Å². The van der Waals surface area contributed by atoms with E-state index in [9.17, 15) is 18.5 Å². The zero-order chi connectivity index (χ0) is 16.2. The highest BCUT2D eigenvalue weighted by atomic mass is 32.2. The Labute approximate surface area is 124 Å². The molecule has 0 saturated carbocycles. The molecule has 1 rings (SSSR count). The van der Waals surface area contributed by atoms with Crippen LogP contribution in [0.3, 0.4) is 0 Å². The molecule has 21 heavy (non-hydrogen) atoms. The fourth-order valence-electron chi connectivity index (χ4n) is 1.92. The van der Waals surface area contributed by atoms with Gasteiger partial charge in [0.2, 0.25) is 10.0 Å². The maximum absolute atomic E-state index is 12.7. The Morgan fingerprint density at radius 1 is 1.43 bits per heavy atom. The van der Waals surface area contributed by atoms with Crippen LogP contribution >= 0.6 is 0 Å². The first kappa shape index (κ1) is 17.1. The Bertz CT molecular complexity index is 677. The van der Waals surface area contributed by atoms with Gasteiger partial charge in [-0.15, -0.1) is 0 Å². The molecule has 0 N–H and O–H groups in total. The van der Waals surface area contributed by atoms with E-state index in [-0.39, 0.29) is 29.6 Å². The van der Waals surface area contributed by atoms with Crippen molar-refractivity contribution in [2.75, 3.05) is 6.54 Å². The molecule has 0 aromatic heterocycles. The number of aryl methyl sites for hydroxylation is 1. The number of nitro benzene ring substituents is 1. The summed E-state index contributed by atoms with van der Waals surface area (Å²) >= 11 is 0. The maximum Gasteiger partial charge on any atom is 0.270 e. The first-order valence-electron chi connectivity index (χ1n) is 6.35. The summed E-state index contributed by atoms with van der Waals surface area (Å²) in [5, 5.41) is 19.5. The van der Waals surface area contributed by atoms with Gasteiger partial charge in [-0.2, -0.15) is 9.57 Å². The Balaban J connectivity index is 3.37. The molecule has 0 spiro atoms. The second-order valence-corrected chi connectivity index (χ2v) is 6.68. The number of benzene rings is 1. The van der Waals surface area contributed by atoms with Crippen LogP contribution in [0.4, 0.5) is 5.69 Å². The van der Waals surface area contributed by atoms with Crippen LogP contribution in [0.25, 0.3) is 0 Å². The van der Waals surface area contributed by atoms with E-state index >= 15 is 0 Å². The van der Waals surface area contributed by atoms with Gasteiger partial charge in [0.25, 0.3) is 5.69 Å². The largest absolute Gasteiger partial charge is 0.270 e. The summed E-state index contributed by atoms with van der Waals surface area (Å²) in [7, 11) is -3.88. The molecule has 0 saturated heterocycles. The monoisotopic (exact) mass is 311 g/mol. The molecule has 8 heteroatoms. The summed E-state index contributed by atoms with van der Waals surface area (Å²) in [6.07, 6.45) is 0.0609. The Morgan fingerprint density at radius 3 is 2.52 bits per heavy atom. The third-order valence-corrected chi connectivity index (χ3v) is 5.21. The van der Waals surface area contributed by atoms with Gasteiger partial charge in [0.15, 0.2) is 0 Å². The van der Waals surface area contributed by atoms with E-state index in [1.54, 1.807) is 20.8 Å². The zero-order valence-electron chi connectivity index (χ0n) is 12.1. The van der Waals surface area contributed by atoms with E-state index in [1.807, 2.05) is 6.07 Å². The molecule has 7 nitrogen and oxygen atoms in total. The quantitative estimate of drug-likeness (QED) is 0.591. The Hall–Kier alpha value is -1.98. The van der Waals surface area contributed by atoms with Crippen molar-refractivity contribution in [1.82, 2.24) is 4.31 Å². The summed E-state index contributed by atoms with van der Waals surface area (Å²) in [6.45, 7) is 5.03. The van der Waals surface area contributed by atoms with Crippen LogP contribution in [0.15, 0.2) is 23.1 Å². The normalized spacial score (nSPS) is 11.6. The molecule has 0 atom stereocenters. The Kier molecular flexibility index (Phi) is 5.41. The Morgan fingerprint density at radius 2 is 2.05 bits per heavy atom. The minimum absolute atomic E-state index is 0.0542. The minimum Gasteiger partial charge on any atom is -0.258 e. The second-order valence-electron chi connectivity index (χ2n) is 4.82. The fourth-order valence-corrected chi connectivity index (χ4v) is 3.81. The third-order valence-electron chi connectivity index (χ3n) is 2.99. The van der Waals surface area contributed by atoms with Crippen LogP contribution in [0.2, 0.25) is 0 Å². The highest BCUT2D eigenvalue weighted by Crippen LogP contribution is 2.26. The van der Waals surface area contributed by atoms with Gasteiger partial charge in [-0.3, -0.25) is 10.1 Å². The summed E-state index contributed by atoms with van der Waals surface area (Å²) in [4.78, 5) is 10.1. The molecule has 0 unspecified atom stereocenters. The lowest BCUT2D eigenvalue weighted by molar-refractivity contribution is -0.385. The molecule has 114 valence electrons. The van der Waals surface area contributed by atoms with Gasteiger partial charge in [-0.1, -0.05) is 6.07 Å². The van der Waals surface area contributed by atoms with Crippen molar-refractivity contribution in [3.8, 4) is 6.07 Å². The van der Waals surface area contributed by atoms with Crippen LogP contribution in [0, 0.1) is 28.4 Å². The highest BCUT2D eigenvalue weighted by molar-refractivity contribution is 7.89. The van der Waals surface area contributed by atoms with E-state index in [2.05, 4.69) is 0 Å². The lowest BCUT2D eigenvalue weighted by Crippen LogP contribution is -2.37. The number of non-ortho nitro benzene ring substituents is 1. The van der Waals surface area contributed by atoms with Crippen molar-refractivity contribution >= 4 is 15.7 Å². The van der Waals surface area contributed by atoms with E-state index < -0.39 is 14.9 Å². The van der Waals surface area contributed by atoms with Gasteiger partial charge in [0, 0.05) is 31.1 Å². The molecule has 0 heterocycles. The molecule has 0 aliphatic rings. The van der Waals surface area contributed by atoms with Crippen molar-refractivity contribution in [3.05, 3.63) is 33.9 Å². The van der Waals surface area contributed by atoms with Gasteiger partial charge >= 0.3 is 0 Å². The summed E-state index contributed by atoms with van der Waals surface area (Å²) < 4.78 is 26.5. The third kappa shape index (κ3) is 3.77. The summed E-state index contributed by atoms with van der Waals surface area (Å²) in [5.41, 5.74) is 0.159. The van der Waals surface area contributed by atoms with Gasteiger partial charge in [0.1, 0.15) is 0 Å². The minimum atomic E-state index is -3.88. The molecular weight excluding hydrogens is 294 g/mol. The molecule has 0 bridgehead atoms. The van der Waals surface area contributed by atoms with E-state index in [4.69, 9.17) is 5.26 Å². The van der Waals surface area contributed by atoms with Gasteiger partial charge in [-0.05, 0) is 26.3 Å². The van der Waals surface area contributed by atoms with E-state index in [0.717, 1.165) is 6.07 Å². The lowest BCUT2D eigenvalue weighted by atomic mass is 10.2. The first-order valence-corrected chi connectivity index (χ1v) is 7.79. The summed E-state index contributed by atoms with van der Waals surface area (Å²) in [6, 6.07) is 5.30. The number of nitro groups is 1. The molecule has 1 aromatic carbocycles. The van der Waals surface area contributed by atoms with Gasteiger partial charge < -0.3 is 0 Å². The number of rotatable bonds is 6. The van der Waals surface area contributed by atoms with Crippen LogP contribution in [-0.4, -0.2) is 30.2 Å². The summed E-state index contributed by atoms with van der Waals surface area (Å²) in [5.74, 6) is 0. The molecule has 0 aliphatic carbocycles. The van der Waals surface area contributed by atoms with Crippen LogP contribution in [0.1, 0.15) is 25.8 Å². The number of nitrogens with zero attached hydrogens (tertiary/aromatic N) is 3. The predicted octanol–water partition coefficient (Wildman–Crippen LogP) is 2.22. The van der Waals surface area contributed by atoms with Crippen LogP contribution < -0.4 is 0 Å². The topological polar surface area (TPSA) is 104 Å². The predicted molar refractivity (Wildman–Crippen MR) is 77.1 cm³/mol. The molecule has 0 aliphatic heterocycles. The van der Waals surface area contributed by atoms with Gasteiger partial charge in [0.05, 0.1) is 15.9 Å².